The topological polar surface area (TPSA) is 47.1 Å². The van der Waals surface area contributed by atoms with Crippen LogP contribution in [-0.2, 0) is 6.54 Å². The van der Waals surface area contributed by atoms with Crippen LogP contribution < -0.4 is 5.73 Å². The summed E-state index contributed by atoms with van der Waals surface area (Å²) in [5, 5.41) is 0. The fourth-order valence-corrected chi connectivity index (χ4v) is 2.70. The number of nitrogens with zero attached hydrogens (tertiary/aromatic N) is 3. The van der Waals surface area contributed by atoms with E-state index < -0.39 is 0 Å². The number of aromatic nitrogens is 2. The maximum Gasteiger partial charge on any atom is 0.0948 e. The molecule has 1 saturated heterocycles. The molecule has 0 bridgehead atoms. The smallest absolute Gasteiger partial charge is 0.0948 e. The Morgan fingerprint density at radius 3 is 3.12 bits per heavy atom. The first kappa shape index (κ1) is 12.6. The Bertz CT molecular complexity index is 347. The van der Waals surface area contributed by atoms with Crippen molar-refractivity contribution in [2.24, 2.45) is 11.7 Å². The standard InChI is InChI=1S/C13H24N4/c1-3-12(14)13-7-15-10-17(13)9-11-5-4-6-16(2)8-11/h7,10-12H,3-6,8-9,14H2,1-2H3/t11?,12-/m1/s1. The fraction of sp³-hybridized carbons (Fsp3) is 0.769. The zero-order valence-electron chi connectivity index (χ0n) is 11.0. The lowest BCUT2D eigenvalue weighted by atomic mass is 9.98. The van der Waals surface area contributed by atoms with E-state index >= 15 is 0 Å². The van der Waals surface area contributed by atoms with Gasteiger partial charge in [-0.15, -0.1) is 0 Å². The van der Waals surface area contributed by atoms with Crippen molar-refractivity contribution in [2.45, 2.75) is 38.8 Å². The predicted octanol–water partition coefficient (Wildman–Crippen LogP) is 1.63. The Labute approximate surface area is 104 Å². The SMILES string of the molecule is CC[C@@H](N)c1cncn1CC1CCCN(C)C1. The van der Waals surface area contributed by atoms with Gasteiger partial charge in [-0.25, -0.2) is 4.98 Å². The third kappa shape index (κ3) is 3.07. The highest BCUT2D eigenvalue weighted by atomic mass is 15.1. The molecule has 1 aliphatic heterocycles. The van der Waals surface area contributed by atoms with Crippen molar-refractivity contribution in [3.63, 3.8) is 0 Å². The molecule has 2 rings (SSSR count). The van der Waals surface area contributed by atoms with Gasteiger partial charge >= 0.3 is 0 Å². The van der Waals surface area contributed by atoms with Crippen molar-refractivity contribution >= 4 is 0 Å². The molecule has 1 unspecified atom stereocenters. The molecule has 96 valence electrons. The number of nitrogens with two attached hydrogens (primary N) is 1. The summed E-state index contributed by atoms with van der Waals surface area (Å²) in [6, 6.07) is 0.124. The molecule has 0 spiro atoms. The molecule has 4 heteroatoms. The normalized spacial score (nSPS) is 23.8. The van der Waals surface area contributed by atoms with Crippen LogP contribution in [0, 0.1) is 5.92 Å². The molecule has 0 aromatic carbocycles. The Morgan fingerprint density at radius 2 is 2.41 bits per heavy atom. The zero-order chi connectivity index (χ0) is 12.3. The van der Waals surface area contributed by atoms with Crippen molar-refractivity contribution in [3.8, 4) is 0 Å². The summed E-state index contributed by atoms with van der Waals surface area (Å²) in [6.07, 6.45) is 7.45. The minimum Gasteiger partial charge on any atom is -0.333 e. The summed E-state index contributed by atoms with van der Waals surface area (Å²) < 4.78 is 2.25. The van der Waals surface area contributed by atoms with Crippen LogP contribution in [0.3, 0.4) is 0 Å². The molecule has 0 radical (unpaired) electrons. The monoisotopic (exact) mass is 236 g/mol. The first-order valence-electron chi connectivity index (χ1n) is 6.64. The van der Waals surface area contributed by atoms with E-state index in [4.69, 9.17) is 5.73 Å². The maximum absolute atomic E-state index is 6.10. The lowest BCUT2D eigenvalue weighted by Crippen LogP contribution is -2.34. The molecule has 1 aromatic rings. The average molecular weight is 236 g/mol. The van der Waals surface area contributed by atoms with Gasteiger partial charge in [-0.2, -0.15) is 0 Å². The molecule has 2 N–H and O–H groups in total. The highest BCUT2D eigenvalue weighted by Crippen LogP contribution is 2.20. The Balaban J connectivity index is 2.00. The molecule has 1 fully saturated rings. The van der Waals surface area contributed by atoms with Crippen LogP contribution in [0.1, 0.15) is 37.9 Å². The lowest BCUT2D eigenvalue weighted by Gasteiger charge is -2.30. The van der Waals surface area contributed by atoms with Crippen molar-refractivity contribution < 1.29 is 0 Å². The second kappa shape index (κ2) is 5.65. The van der Waals surface area contributed by atoms with Gasteiger partial charge in [-0.1, -0.05) is 6.92 Å². The molecule has 0 saturated carbocycles. The number of imidazole rings is 1. The van der Waals surface area contributed by atoms with Gasteiger partial charge in [0.25, 0.3) is 0 Å². The van der Waals surface area contributed by atoms with Gasteiger partial charge < -0.3 is 15.2 Å². The molecule has 1 aromatic heterocycles. The quantitative estimate of drug-likeness (QED) is 0.864. The number of rotatable bonds is 4. The average Bonchev–Trinajstić information content (AvgIpc) is 2.76. The zero-order valence-corrected chi connectivity index (χ0v) is 11.0. The van der Waals surface area contributed by atoms with Gasteiger partial charge in [0.15, 0.2) is 0 Å². The summed E-state index contributed by atoms with van der Waals surface area (Å²) in [5.74, 6) is 0.741. The predicted molar refractivity (Wildman–Crippen MR) is 69.7 cm³/mol. The van der Waals surface area contributed by atoms with Gasteiger partial charge in [0, 0.05) is 25.3 Å². The van der Waals surface area contributed by atoms with Crippen molar-refractivity contribution in [2.75, 3.05) is 20.1 Å². The fourth-order valence-electron chi connectivity index (χ4n) is 2.70. The van der Waals surface area contributed by atoms with E-state index in [1.807, 2.05) is 12.5 Å². The summed E-state index contributed by atoms with van der Waals surface area (Å²) in [5.41, 5.74) is 7.28. The van der Waals surface area contributed by atoms with E-state index in [1.54, 1.807) is 0 Å². The third-order valence-electron chi connectivity index (χ3n) is 3.74. The van der Waals surface area contributed by atoms with Crippen LogP contribution >= 0.6 is 0 Å². The molecule has 17 heavy (non-hydrogen) atoms. The van der Waals surface area contributed by atoms with Crippen LogP contribution in [-0.4, -0.2) is 34.6 Å². The minimum atomic E-state index is 0.124. The van der Waals surface area contributed by atoms with Crippen LogP contribution in [0.25, 0.3) is 0 Å². The van der Waals surface area contributed by atoms with Crippen molar-refractivity contribution in [3.05, 3.63) is 18.2 Å². The Morgan fingerprint density at radius 1 is 1.59 bits per heavy atom. The second-order valence-electron chi connectivity index (χ2n) is 5.26. The van der Waals surface area contributed by atoms with E-state index in [0.717, 1.165) is 18.9 Å². The van der Waals surface area contributed by atoms with Gasteiger partial charge in [-0.3, -0.25) is 0 Å². The van der Waals surface area contributed by atoms with Gasteiger partial charge in [0.1, 0.15) is 0 Å². The van der Waals surface area contributed by atoms with E-state index in [0.29, 0.717) is 0 Å². The molecule has 2 atom stereocenters. The molecular weight excluding hydrogens is 212 g/mol. The Kier molecular flexibility index (Phi) is 4.18. The van der Waals surface area contributed by atoms with Crippen LogP contribution in [0.5, 0.6) is 0 Å². The molecule has 1 aliphatic rings. The van der Waals surface area contributed by atoms with E-state index in [9.17, 15) is 0 Å². The third-order valence-corrected chi connectivity index (χ3v) is 3.74. The number of piperidine rings is 1. The number of hydrogen-bond acceptors (Lipinski definition) is 3. The molecule has 2 heterocycles. The van der Waals surface area contributed by atoms with Crippen molar-refractivity contribution in [1.82, 2.24) is 14.5 Å². The molecular formula is C13H24N4. The summed E-state index contributed by atoms with van der Waals surface area (Å²) in [4.78, 5) is 6.67. The first-order chi connectivity index (χ1) is 8.20. The highest BCUT2D eigenvalue weighted by molar-refractivity contribution is 5.04. The van der Waals surface area contributed by atoms with Gasteiger partial charge in [0.05, 0.1) is 12.0 Å². The van der Waals surface area contributed by atoms with Crippen LogP contribution in [0.2, 0.25) is 0 Å². The maximum atomic E-state index is 6.10. The minimum absolute atomic E-state index is 0.124. The van der Waals surface area contributed by atoms with E-state index in [1.165, 1.54) is 31.6 Å². The summed E-state index contributed by atoms with van der Waals surface area (Å²) >= 11 is 0. The lowest BCUT2D eigenvalue weighted by molar-refractivity contribution is 0.193. The number of hydrogen-bond donors (Lipinski definition) is 1. The number of likely N-dealkylation sites (tertiary alicyclic amines) is 1. The first-order valence-corrected chi connectivity index (χ1v) is 6.64. The molecule has 0 amide bonds. The molecule has 0 aliphatic carbocycles. The summed E-state index contributed by atoms with van der Waals surface area (Å²) in [7, 11) is 2.21. The second-order valence-corrected chi connectivity index (χ2v) is 5.26. The molecule has 4 nitrogen and oxygen atoms in total. The largest absolute Gasteiger partial charge is 0.333 e. The van der Waals surface area contributed by atoms with Crippen LogP contribution in [0.15, 0.2) is 12.5 Å². The summed E-state index contributed by atoms with van der Waals surface area (Å²) in [6.45, 7) is 5.62. The van der Waals surface area contributed by atoms with E-state index in [2.05, 4.69) is 28.4 Å². The van der Waals surface area contributed by atoms with Gasteiger partial charge in [0.2, 0.25) is 0 Å². The highest BCUT2D eigenvalue weighted by Gasteiger charge is 2.19. The van der Waals surface area contributed by atoms with Crippen molar-refractivity contribution in [1.29, 1.82) is 0 Å². The van der Waals surface area contributed by atoms with Gasteiger partial charge in [-0.05, 0) is 38.8 Å². The van der Waals surface area contributed by atoms with Crippen LogP contribution in [0.4, 0.5) is 0 Å². The Hall–Kier alpha value is -0.870. The van der Waals surface area contributed by atoms with E-state index in [-0.39, 0.29) is 6.04 Å².